The highest BCUT2D eigenvalue weighted by Gasteiger charge is 2.18. The van der Waals surface area contributed by atoms with Crippen molar-refractivity contribution in [2.45, 2.75) is 11.5 Å². The van der Waals surface area contributed by atoms with Gasteiger partial charge in [0.15, 0.2) is 5.82 Å². The molecule has 0 spiro atoms. The third-order valence-electron chi connectivity index (χ3n) is 2.56. The topological polar surface area (TPSA) is 111 Å². The van der Waals surface area contributed by atoms with E-state index < -0.39 is 16.1 Å². The smallest absolute Gasteiger partial charge is 0.413 e. The summed E-state index contributed by atoms with van der Waals surface area (Å²) in [6.07, 6.45) is -0.872. The third-order valence-corrected chi connectivity index (χ3v) is 3.72. The van der Waals surface area contributed by atoms with Crippen LogP contribution in [0, 0.1) is 0 Å². The van der Waals surface area contributed by atoms with Crippen LogP contribution < -0.4 is 10.5 Å². The van der Waals surface area contributed by atoms with E-state index in [1.807, 2.05) is 6.07 Å². The number of ether oxygens (including phenoxy) is 1. The van der Waals surface area contributed by atoms with Crippen LogP contribution in [-0.2, 0) is 21.4 Å². The lowest BCUT2D eigenvalue weighted by molar-refractivity contribution is 0.155. The maximum absolute atomic E-state index is 11.7. The number of carbonyl (C=O) groups excluding carboxylic acids is 1. The predicted molar refractivity (Wildman–Crippen MR) is 80.9 cm³/mol. The van der Waals surface area contributed by atoms with Crippen LogP contribution in [-0.4, -0.2) is 19.5 Å². The molecule has 9 heteroatoms. The minimum Gasteiger partial charge on any atom is -0.444 e. The van der Waals surface area contributed by atoms with Gasteiger partial charge >= 0.3 is 6.09 Å². The van der Waals surface area contributed by atoms with Crippen LogP contribution in [0.1, 0.15) is 5.56 Å². The van der Waals surface area contributed by atoms with Crippen LogP contribution in [0.4, 0.5) is 10.6 Å². The molecule has 0 unspecified atom stereocenters. The van der Waals surface area contributed by atoms with Gasteiger partial charge < -0.3 is 4.74 Å². The number of benzene rings is 1. The van der Waals surface area contributed by atoms with Crippen LogP contribution in [0.15, 0.2) is 47.4 Å². The quantitative estimate of drug-likeness (QED) is 0.827. The molecule has 7 nitrogen and oxygen atoms in total. The fourth-order valence-corrected chi connectivity index (χ4v) is 2.37. The summed E-state index contributed by atoms with van der Waals surface area (Å²) in [5, 5.41) is 7.26. The molecule has 1 aromatic carbocycles. The second kappa shape index (κ2) is 6.73. The lowest BCUT2D eigenvalue weighted by Gasteiger charge is -2.09. The van der Waals surface area contributed by atoms with Crippen LogP contribution in [0.3, 0.4) is 0 Å². The van der Waals surface area contributed by atoms with Crippen molar-refractivity contribution >= 4 is 33.5 Å². The van der Waals surface area contributed by atoms with E-state index >= 15 is 0 Å². The molecule has 22 heavy (non-hydrogen) atoms. The molecule has 1 heterocycles. The Hall–Kier alpha value is -2.16. The molecule has 2 rings (SSSR count). The van der Waals surface area contributed by atoms with E-state index in [0.29, 0.717) is 0 Å². The van der Waals surface area contributed by atoms with Crippen LogP contribution in [0.2, 0.25) is 5.15 Å². The first-order chi connectivity index (χ1) is 10.4. The maximum atomic E-state index is 11.7. The van der Waals surface area contributed by atoms with Gasteiger partial charge in [-0.2, -0.15) is 0 Å². The standard InChI is InChI=1S/C13H12ClN3O4S/c14-11-7-6-10(22(15,19)20)12(16-11)17-13(18)21-8-9-4-2-1-3-5-9/h1-7H,8H2,(H2,15,19,20)(H,16,17,18). The molecule has 1 aromatic heterocycles. The number of nitrogens with two attached hydrogens (primary N) is 1. The number of nitrogens with zero attached hydrogens (tertiary/aromatic N) is 1. The summed E-state index contributed by atoms with van der Waals surface area (Å²) in [7, 11) is -4.05. The van der Waals surface area contributed by atoms with Crippen molar-refractivity contribution in [1.82, 2.24) is 4.98 Å². The molecule has 0 atom stereocenters. The zero-order chi connectivity index (χ0) is 16.2. The number of rotatable bonds is 4. The van der Waals surface area contributed by atoms with Gasteiger partial charge in [-0.25, -0.2) is 23.3 Å². The number of halogens is 1. The maximum Gasteiger partial charge on any atom is 0.413 e. The highest BCUT2D eigenvalue weighted by atomic mass is 35.5. The Kier molecular flexibility index (Phi) is 4.96. The van der Waals surface area contributed by atoms with Gasteiger partial charge in [-0.05, 0) is 17.7 Å². The number of hydrogen-bond acceptors (Lipinski definition) is 5. The van der Waals surface area contributed by atoms with Gasteiger partial charge in [0.05, 0.1) is 0 Å². The van der Waals surface area contributed by atoms with Gasteiger partial charge in [-0.1, -0.05) is 41.9 Å². The van der Waals surface area contributed by atoms with Gasteiger partial charge in [-0.15, -0.1) is 0 Å². The SMILES string of the molecule is NS(=O)(=O)c1ccc(Cl)nc1NC(=O)OCc1ccccc1. The second-order valence-corrected chi connectivity index (χ2v) is 6.13. The number of primary sulfonamides is 1. The Morgan fingerprint density at radius 2 is 1.91 bits per heavy atom. The average molecular weight is 342 g/mol. The fourth-order valence-electron chi connectivity index (χ4n) is 1.60. The Labute approximate surface area is 132 Å². The third kappa shape index (κ3) is 4.42. The van der Waals surface area contributed by atoms with Crippen molar-refractivity contribution in [1.29, 1.82) is 0 Å². The van der Waals surface area contributed by atoms with Crippen molar-refractivity contribution in [3.8, 4) is 0 Å². The fraction of sp³-hybridized carbons (Fsp3) is 0.0769. The van der Waals surface area contributed by atoms with E-state index in [0.717, 1.165) is 11.6 Å². The molecule has 0 fully saturated rings. The second-order valence-electron chi connectivity index (χ2n) is 4.21. The number of pyridine rings is 1. The van der Waals surface area contributed by atoms with Crippen molar-refractivity contribution in [3.05, 3.63) is 53.2 Å². The molecule has 0 aliphatic heterocycles. The number of nitrogens with one attached hydrogen (secondary N) is 1. The summed E-state index contributed by atoms with van der Waals surface area (Å²) in [5.41, 5.74) is 0.781. The van der Waals surface area contributed by atoms with E-state index in [4.69, 9.17) is 21.5 Å². The molecule has 0 radical (unpaired) electrons. The van der Waals surface area contributed by atoms with E-state index in [1.54, 1.807) is 24.3 Å². The normalized spacial score (nSPS) is 11.0. The number of hydrogen-bond donors (Lipinski definition) is 2. The molecule has 0 saturated carbocycles. The summed E-state index contributed by atoms with van der Waals surface area (Å²) in [4.78, 5) is 15.1. The molecule has 0 aliphatic rings. The average Bonchev–Trinajstić information content (AvgIpc) is 2.45. The Morgan fingerprint density at radius 1 is 1.23 bits per heavy atom. The first kappa shape index (κ1) is 16.2. The Bertz CT molecular complexity index is 781. The number of carbonyl (C=O) groups is 1. The van der Waals surface area contributed by atoms with Gasteiger partial charge in [0.2, 0.25) is 10.0 Å². The van der Waals surface area contributed by atoms with Crippen molar-refractivity contribution in [2.24, 2.45) is 5.14 Å². The largest absolute Gasteiger partial charge is 0.444 e. The van der Waals surface area contributed by atoms with Crippen LogP contribution in [0.5, 0.6) is 0 Å². The predicted octanol–water partition coefficient (Wildman–Crippen LogP) is 2.13. The lowest BCUT2D eigenvalue weighted by atomic mass is 10.2. The van der Waals surface area contributed by atoms with E-state index in [9.17, 15) is 13.2 Å². The minimum absolute atomic E-state index is 0.00533. The van der Waals surface area contributed by atoms with Crippen molar-refractivity contribution < 1.29 is 17.9 Å². The molecule has 1 amide bonds. The zero-order valence-corrected chi connectivity index (χ0v) is 12.8. The van der Waals surface area contributed by atoms with E-state index in [1.165, 1.54) is 6.07 Å². The summed E-state index contributed by atoms with van der Waals surface area (Å²) >= 11 is 5.68. The summed E-state index contributed by atoms with van der Waals surface area (Å²) in [5.74, 6) is -0.284. The molecular weight excluding hydrogens is 330 g/mol. The van der Waals surface area contributed by atoms with Gasteiger partial charge in [0.25, 0.3) is 0 Å². The molecular formula is C13H12ClN3O4S. The first-order valence-electron chi connectivity index (χ1n) is 6.03. The molecule has 116 valence electrons. The summed E-state index contributed by atoms with van der Waals surface area (Å²) < 4.78 is 27.8. The van der Waals surface area contributed by atoms with Gasteiger partial charge in [0, 0.05) is 0 Å². The van der Waals surface area contributed by atoms with Crippen molar-refractivity contribution in [2.75, 3.05) is 5.32 Å². The highest BCUT2D eigenvalue weighted by Crippen LogP contribution is 2.20. The number of amides is 1. The molecule has 3 N–H and O–H groups in total. The molecule has 0 aliphatic carbocycles. The minimum atomic E-state index is -4.05. The highest BCUT2D eigenvalue weighted by molar-refractivity contribution is 7.89. The molecule has 0 bridgehead atoms. The zero-order valence-electron chi connectivity index (χ0n) is 11.2. The Morgan fingerprint density at radius 3 is 2.55 bits per heavy atom. The van der Waals surface area contributed by atoms with Gasteiger partial charge in [-0.3, -0.25) is 5.32 Å². The summed E-state index contributed by atoms with van der Waals surface area (Å²) in [6.45, 7) is 0.0257. The molecule has 2 aromatic rings. The number of sulfonamides is 1. The monoisotopic (exact) mass is 341 g/mol. The van der Waals surface area contributed by atoms with Gasteiger partial charge in [0.1, 0.15) is 16.7 Å². The van der Waals surface area contributed by atoms with Crippen LogP contribution in [0.25, 0.3) is 0 Å². The lowest BCUT2D eigenvalue weighted by Crippen LogP contribution is -2.20. The van der Waals surface area contributed by atoms with Crippen molar-refractivity contribution in [3.63, 3.8) is 0 Å². The molecule has 0 saturated heterocycles. The first-order valence-corrected chi connectivity index (χ1v) is 7.96. The Balaban J connectivity index is 2.10. The van der Waals surface area contributed by atoms with E-state index in [-0.39, 0.29) is 22.5 Å². The number of aromatic nitrogens is 1. The number of anilines is 1. The van der Waals surface area contributed by atoms with Crippen LogP contribution >= 0.6 is 11.6 Å². The summed E-state index contributed by atoms with van der Waals surface area (Å²) in [6, 6.07) is 11.4. The van der Waals surface area contributed by atoms with E-state index in [2.05, 4.69) is 10.3 Å².